The zero-order valence-corrected chi connectivity index (χ0v) is 15.5. The first-order valence-corrected chi connectivity index (χ1v) is 7.93. The van der Waals surface area contributed by atoms with Crippen LogP contribution in [0, 0.1) is 0 Å². The van der Waals surface area contributed by atoms with E-state index in [2.05, 4.69) is 5.32 Å². The van der Waals surface area contributed by atoms with Crippen LogP contribution in [0.15, 0.2) is 18.2 Å². The summed E-state index contributed by atoms with van der Waals surface area (Å²) in [6.45, 7) is 4.88. The third kappa shape index (κ3) is 6.37. The standard InChI is InChI=1S/C16H20Cl2N2O4/c1-16(2,3)19-12(21)8-20(4)13(22)9-24-15(23)10-6-5-7-11(17)14(10)18/h5-7H,8-9H2,1-4H3,(H,19,21). The molecular weight excluding hydrogens is 355 g/mol. The van der Waals surface area contributed by atoms with Crippen molar-refractivity contribution in [3.8, 4) is 0 Å². The summed E-state index contributed by atoms with van der Waals surface area (Å²) in [5.74, 6) is -1.57. The van der Waals surface area contributed by atoms with E-state index >= 15 is 0 Å². The molecule has 0 saturated heterocycles. The number of likely N-dealkylation sites (N-methyl/N-ethyl adjacent to an activating group) is 1. The van der Waals surface area contributed by atoms with Crippen LogP contribution < -0.4 is 5.32 Å². The van der Waals surface area contributed by atoms with Gasteiger partial charge in [0.2, 0.25) is 5.91 Å². The lowest BCUT2D eigenvalue weighted by atomic mass is 10.1. The molecule has 24 heavy (non-hydrogen) atoms. The Morgan fingerprint density at radius 3 is 2.42 bits per heavy atom. The second-order valence-corrected chi connectivity index (χ2v) is 7.01. The molecule has 0 heterocycles. The van der Waals surface area contributed by atoms with Crippen molar-refractivity contribution < 1.29 is 19.1 Å². The molecular formula is C16H20Cl2N2O4. The van der Waals surface area contributed by atoms with Gasteiger partial charge in [-0.3, -0.25) is 9.59 Å². The van der Waals surface area contributed by atoms with E-state index in [4.69, 9.17) is 27.9 Å². The van der Waals surface area contributed by atoms with Crippen LogP contribution in [0.2, 0.25) is 10.0 Å². The van der Waals surface area contributed by atoms with Crippen LogP contribution in [0.1, 0.15) is 31.1 Å². The van der Waals surface area contributed by atoms with E-state index in [0.29, 0.717) is 0 Å². The number of hydrogen-bond donors (Lipinski definition) is 1. The van der Waals surface area contributed by atoms with Gasteiger partial charge in [0, 0.05) is 12.6 Å². The van der Waals surface area contributed by atoms with Crippen LogP contribution in [0.5, 0.6) is 0 Å². The predicted molar refractivity (Wildman–Crippen MR) is 92.3 cm³/mol. The van der Waals surface area contributed by atoms with Crippen molar-refractivity contribution in [1.82, 2.24) is 10.2 Å². The lowest BCUT2D eigenvalue weighted by Crippen LogP contribution is -2.46. The summed E-state index contributed by atoms with van der Waals surface area (Å²) in [7, 11) is 1.45. The Kier molecular flexibility index (Phi) is 7.05. The Labute approximate surface area is 151 Å². The van der Waals surface area contributed by atoms with Crippen LogP contribution in [-0.2, 0) is 14.3 Å². The Balaban J connectivity index is 2.54. The first kappa shape index (κ1) is 20.3. The summed E-state index contributed by atoms with van der Waals surface area (Å²) in [6.07, 6.45) is 0. The van der Waals surface area contributed by atoms with Gasteiger partial charge < -0.3 is 15.0 Å². The number of rotatable bonds is 5. The zero-order chi connectivity index (χ0) is 18.5. The maximum atomic E-state index is 11.9. The molecule has 0 unspecified atom stereocenters. The van der Waals surface area contributed by atoms with Gasteiger partial charge in [0.25, 0.3) is 5.91 Å². The van der Waals surface area contributed by atoms with E-state index in [0.717, 1.165) is 0 Å². The van der Waals surface area contributed by atoms with Gasteiger partial charge in [-0.25, -0.2) is 4.79 Å². The Morgan fingerprint density at radius 1 is 1.21 bits per heavy atom. The number of nitrogens with one attached hydrogen (secondary N) is 1. The van der Waals surface area contributed by atoms with Crippen LogP contribution in [0.3, 0.4) is 0 Å². The third-order valence-corrected chi connectivity index (χ3v) is 3.64. The molecule has 1 aromatic carbocycles. The van der Waals surface area contributed by atoms with Gasteiger partial charge in [-0.2, -0.15) is 0 Å². The topological polar surface area (TPSA) is 75.7 Å². The SMILES string of the molecule is CN(CC(=O)NC(C)(C)C)C(=O)COC(=O)c1cccc(Cl)c1Cl. The van der Waals surface area contributed by atoms with Gasteiger partial charge >= 0.3 is 5.97 Å². The molecule has 1 N–H and O–H groups in total. The Morgan fingerprint density at radius 2 is 1.83 bits per heavy atom. The fraction of sp³-hybridized carbons (Fsp3) is 0.438. The maximum Gasteiger partial charge on any atom is 0.340 e. The quantitative estimate of drug-likeness (QED) is 0.803. The predicted octanol–water partition coefficient (Wildman–Crippen LogP) is 2.52. The van der Waals surface area contributed by atoms with Crippen molar-refractivity contribution >= 4 is 41.0 Å². The van der Waals surface area contributed by atoms with Gasteiger partial charge in [-0.05, 0) is 32.9 Å². The number of halogens is 2. The molecule has 0 aliphatic rings. The molecule has 0 aliphatic carbocycles. The molecule has 0 fully saturated rings. The average molecular weight is 375 g/mol. The van der Waals surface area contributed by atoms with E-state index in [1.165, 1.54) is 24.1 Å². The van der Waals surface area contributed by atoms with E-state index in [1.807, 2.05) is 20.8 Å². The molecule has 1 rings (SSSR count). The van der Waals surface area contributed by atoms with E-state index < -0.39 is 24.0 Å². The molecule has 2 amide bonds. The van der Waals surface area contributed by atoms with Crippen molar-refractivity contribution in [2.24, 2.45) is 0 Å². The zero-order valence-electron chi connectivity index (χ0n) is 14.0. The fourth-order valence-corrected chi connectivity index (χ4v) is 2.12. The van der Waals surface area contributed by atoms with E-state index in [1.54, 1.807) is 6.07 Å². The summed E-state index contributed by atoms with van der Waals surface area (Å²) in [6, 6.07) is 4.53. The highest BCUT2D eigenvalue weighted by molar-refractivity contribution is 6.43. The highest BCUT2D eigenvalue weighted by Gasteiger charge is 2.20. The molecule has 1 aromatic rings. The summed E-state index contributed by atoms with van der Waals surface area (Å²) >= 11 is 11.7. The largest absolute Gasteiger partial charge is 0.452 e. The Hall–Kier alpha value is -1.79. The van der Waals surface area contributed by atoms with Crippen LogP contribution in [0.25, 0.3) is 0 Å². The van der Waals surface area contributed by atoms with Crippen molar-refractivity contribution in [3.05, 3.63) is 33.8 Å². The van der Waals surface area contributed by atoms with Crippen LogP contribution >= 0.6 is 23.2 Å². The maximum absolute atomic E-state index is 11.9. The number of amides is 2. The van der Waals surface area contributed by atoms with Crippen LogP contribution in [0.4, 0.5) is 0 Å². The summed E-state index contributed by atoms with van der Waals surface area (Å²) in [5, 5.41) is 3.02. The van der Waals surface area contributed by atoms with Crippen molar-refractivity contribution in [1.29, 1.82) is 0 Å². The number of hydrogen-bond acceptors (Lipinski definition) is 4. The van der Waals surface area contributed by atoms with Gasteiger partial charge in [-0.1, -0.05) is 29.3 Å². The van der Waals surface area contributed by atoms with Gasteiger partial charge in [-0.15, -0.1) is 0 Å². The lowest BCUT2D eigenvalue weighted by molar-refractivity contribution is -0.137. The molecule has 132 valence electrons. The third-order valence-electron chi connectivity index (χ3n) is 2.82. The molecule has 8 heteroatoms. The minimum Gasteiger partial charge on any atom is -0.452 e. The molecule has 0 atom stereocenters. The summed E-state index contributed by atoms with van der Waals surface area (Å²) < 4.78 is 4.92. The first-order valence-electron chi connectivity index (χ1n) is 7.17. The number of carbonyl (C=O) groups excluding carboxylic acids is 3. The van der Waals surface area contributed by atoms with Crippen molar-refractivity contribution in [2.45, 2.75) is 26.3 Å². The van der Waals surface area contributed by atoms with Gasteiger partial charge in [0.1, 0.15) is 0 Å². The number of esters is 1. The highest BCUT2D eigenvalue weighted by Crippen LogP contribution is 2.25. The van der Waals surface area contributed by atoms with Gasteiger partial charge in [0.05, 0.1) is 22.2 Å². The minimum atomic E-state index is -0.761. The minimum absolute atomic E-state index is 0.0644. The molecule has 0 aliphatic heterocycles. The fourth-order valence-electron chi connectivity index (χ4n) is 1.74. The second kappa shape index (κ2) is 8.35. The summed E-state index contributed by atoms with van der Waals surface area (Å²) in [5.41, 5.74) is -0.318. The van der Waals surface area contributed by atoms with Crippen molar-refractivity contribution in [3.63, 3.8) is 0 Å². The van der Waals surface area contributed by atoms with Crippen LogP contribution in [-0.4, -0.2) is 48.4 Å². The second-order valence-electron chi connectivity index (χ2n) is 6.23. The number of nitrogens with zero attached hydrogens (tertiary/aromatic N) is 1. The first-order chi connectivity index (χ1) is 11.0. The lowest BCUT2D eigenvalue weighted by Gasteiger charge is -2.23. The van der Waals surface area contributed by atoms with E-state index in [9.17, 15) is 14.4 Å². The monoisotopic (exact) mass is 374 g/mol. The van der Waals surface area contributed by atoms with Crippen molar-refractivity contribution in [2.75, 3.05) is 20.2 Å². The smallest absolute Gasteiger partial charge is 0.340 e. The number of benzene rings is 1. The summed E-state index contributed by atoms with van der Waals surface area (Å²) in [4.78, 5) is 36.8. The molecule has 0 aromatic heterocycles. The molecule has 6 nitrogen and oxygen atoms in total. The molecule has 0 saturated carbocycles. The normalized spacial score (nSPS) is 10.9. The molecule has 0 radical (unpaired) electrons. The number of ether oxygens (including phenoxy) is 1. The highest BCUT2D eigenvalue weighted by atomic mass is 35.5. The molecule has 0 spiro atoms. The number of carbonyl (C=O) groups is 3. The van der Waals surface area contributed by atoms with E-state index in [-0.39, 0.29) is 28.1 Å². The van der Waals surface area contributed by atoms with Gasteiger partial charge in [0.15, 0.2) is 6.61 Å². The molecule has 0 bridgehead atoms. The average Bonchev–Trinajstić information content (AvgIpc) is 2.45. The Bertz CT molecular complexity index is 641.